The Bertz CT molecular complexity index is 412. The SMILES string of the molecule is O=c1[nH]c(Cl)nc(C2CCCCC2)c1Br. The van der Waals surface area contributed by atoms with Gasteiger partial charge >= 0.3 is 0 Å². The molecule has 0 aliphatic heterocycles. The molecule has 0 unspecified atom stereocenters. The fourth-order valence-corrected chi connectivity index (χ4v) is 2.78. The number of halogens is 2. The summed E-state index contributed by atoms with van der Waals surface area (Å²) in [4.78, 5) is 18.2. The molecule has 0 bridgehead atoms. The van der Waals surface area contributed by atoms with Gasteiger partial charge in [-0.2, -0.15) is 0 Å². The molecule has 1 aromatic heterocycles. The van der Waals surface area contributed by atoms with Gasteiger partial charge in [-0.15, -0.1) is 0 Å². The smallest absolute Gasteiger partial charge is 0.266 e. The predicted molar refractivity (Wildman–Crippen MR) is 63.4 cm³/mol. The first-order chi connectivity index (χ1) is 7.18. The van der Waals surface area contributed by atoms with E-state index in [1.807, 2.05) is 0 Å². The van der Waals surface area contributed by atoms with Crippen molar-refractivity contribution in [3.63, 3.8) is 0 Å². The van der Waals surface area contributed by atoms with Gasteiger partial charge in [0.25, 0.3) is 5.56 Å². The number of nitrogens with one attached hydrogen (secondary N) is 1. The number of hydrogen-bond acceptors (Lipinski definition) is 2. The van der Waals surface area contributed by atoms with Crippen LogP contribution in [0.5, 0.6) is 0 Å². The minimum absolute atomic E-state index is 0.184. The largest absolute Gasteiger partial charge is 0.296 e. The Hall–Kier alpha value is -0.350. The van der Waals surface area contributed by atoms with Crippen LogP contribution in [-0.4, -0.2) is 9.97 Å². The third-order valence-electron chi connectivity index (χ3n) is 2.85. The standard InChI is InChI=1S/C10H12BrClN2O/c11-7-8(6-4-2-1-3-5-6)13-10(12)14-9(7)15/h6H,1-5H2,(H,13,14,15). The summed E-state index contributed by atoms with van der Waals surface area (Å²) in [5.41, 5.74) is 0.638. The molecule has 2 rings (SSSR count). The molecule has 5 heteroatoms. The lowest BCUT2D eigenvalue weighted by molar-refractivity contribution is 0.434. The Kier molecular flexibility index (Phi) is 3.46. The molecule has 0 aromatic carbocycles. The lowest BCUT2D eigenvalue weighted by Gasteiger charge is -2.21. The van der Waals surface area contributed by atoms with Crippen LogP contribution < -0.4 is 5.56 Å². The van der Waals surface area contributed by atoms with Crippen LogP contribution in [-0.2, 0) is 0 Å². The summed E-state index contributed by atoms with van der Waals surface area (Å²) in [6, 6.07) is 0. The van der Waals surface area contributed by atoms with E-state index in [1.165, 1.54) is 19.3 Å². The molecule has 1 aliphatic carbocycles. The highest BCUT2D eigenvalue weighted by Crippen LogP contribution is 2.34. The second-order valence-electron chi connectivity index (χ2n) is 3.89. The van der Waals surface area contributed by atoms with E-state index < -0.39 is 0 Å². The third kappa shape index (κ3) is 2.42. The lowest BCUT2D eigenvalue weighted by Crippen LogP contribution is -2.16. The van der Waals surface area contributed by atoms with E-state index in [1.54, 1.807) is 0 Å². The fraction of sp³-hybridized carbons (Fsp3) is 0.600. The van der Waals surface area contributed by atoms with Crippen LogP contribution >= 0.6 is 27.5 Å². The molecular formula is C10H12BrClN2O. The zero-order chi connectivity index (χ0) is 10.8. The van der Waals surface area contributed by atoms with E-state index in [-0.39, 0.29) is 10.8 Å². The zero-order valence-corrected chi connectivity index (χ0v) is 10.6. The topological polar surface area (TPSA) is 45.8 Å². The van der Waals surface area contributed by atoms with Crippen molar-refractivity contribution in [2.75, 3.05) is 0 Å². The van der Waals surface area contributed by atoms with Crippen LogP contribution in [0.1, 0.15) is 43.7 Å². The number of H-pyrrole nitrogens is 1. The molecule has 0 saturated heterocycles. The number of rotatable bonds is 1. The molecule has 1 N–H and O–H groups in total. The van der Waals surface area contributed by atoms with E-state index in [0.29, 0.717) is 10.4 Å². The Balaban J connectivity index is 2.37. The molecule has 82 valence electrons. The van der Waals surface area contributed by atoms with Crippen molar-refractivity contribution in [1.29, 1.82) is 0 Å². The molecule has 3 nitrogen and oxygen atoms in total. The monoisotopic (exact) mass is 290 g/mol. The third-order valence-corrected chi connectivity index (χ3v) is 3.80. The summed E-state index contributed by atoms with van der Waals surface area (Å²) in [5, 5.41) is 0.184. The highest BCUT2D eigenvalue weighted by molar-refractivity contribution is 9.10. The van der Waals surface area contributed by atoms with Gasteiger partial charge in [0, 0.05) is 5.92 Å². The Morgan fingerprint density at radius 3 is 2.67 bits per heavy atom. The van der Waals surface area contributed by atoms with Crippen molar-refractivity contribution in [1.82, 2.24) is 9.97 Å². The Morgan fingerprint density at radius 1 is 1.33 bits per heavy atom. The number of aromatic amines is 1. The van der Waals surface area contributed by atoms with Crippen molar-refractivity contribution in [3.8, 4) is 0 Å². The molecule has 1 saturated carbocycles. The van der Waals surface area contributed by atoms with Gasteiger partial charge in [-0.1, -0.05) is 19.3 Å². The maximum Gasteiger partial charge on any atom is 0.266 e. The van der Waals surface area contributed by atoms with Crippen molar-refractivity contribution in [3.05, 3.63) is 25.8 Å². The lowest BCUT2D eigenvalue weighted by atomic mass is 9.87. The van der Waals surface area contributed by atoms with Crippen LogP contribution in [0.2, 0.25) is 5.28 Å². The summed E-state index contributed by atoms with van der Waals surface area (Å²) in [5.74, 6) is 0.382. The second kappa shape index (κ2) is 4.66. The van der Waals surface area contributed by atoms with Gasteiger partial charge < -0.3 is 0 Å². The summed E-state index contributed by atoms with van der Waals surface area (Å²) in [6.45, 7) is 0. The van der Waals surface area contributed by atoms with E-state index in [0.717, 1.165) is 18.5 Å². The first-order valence-electron chi connectivity index (χ1n) is 5.13. The van der Waals surface area contributed by atoms with Crippen LogP contribution in [0.25, 0.3) is 0 Å². The molecule has 15 heavy (non-hydrogen) atoms. The van der Waals surface area contributed by atoms with Crippen molar-refractivity contribution >= 4 is 27.5 Å². The molecule has 0 amide bonds. The van der Waals surface area contributed by atoms with E-state index in [4.69, 9.17) is 11.6 Å². The minimum atomic E-state index is -0.185. The van der Waals surface area contributed by atoms with Gasteiger partial charge in [0.1, 0.15) is 4.47 Å². The number of hydrogen-bond donors (Lipinski definition) is 1. The maximum absolute atomic E-state index is 11.5. The molecular weight excluding hydrogens is 279 g/mol. The quantitative estimate of drug-likeness (QED) is 0.807. The van der Waals surface area contributed by atoms with Crippen molar-refractivity contribution in [2.24, 2.45) is 0 Å². The van der Waals surface area contributed by atoms with Crippen molar-refractivity contribution < 1.29 is 0 Å². The first-order valence-corrected chi connectivity index (χ1v) is 6.31. The summed E-state index contributed by atoms with van der Waals surface area (Å²) in [7, 11) is 0. The van der Waals surface area contributed by atoms with E-state index in [2.05, 4.69) is 25.9 Å². The molecule has 1 aliphatic rings. The number of nitrogens with zero attached hydrogens (tertiary/aromatic N) is 1. The average Bonchev–Trinajstić information content (AvgIpc) is 2.24. The highest BCUT2D eigenvalue weighted by Gasteiger charge is 2.21. The van der Waals surface area contributed by atoms with Crippen LogP contribution in [0.4, 0.5) is 0 Å². The Morgan fingerprint density at radius 2 is 2.00 bits per heavy atom. The fourth-order valence-electron chi connectivity index (χ4n) is 2.09. The van der Waals surface area contributed by atoms with Crippen LogP contribution in [0.15, 0.2) is 9.27 Å². The van der Waals surface area contributed by atoms with Gasteiger partial charge in [0.05, 0.1) is 5.69 Å². The molecule has 1 fully saturated rings. The summed E-state index contributed by atoms with van der Waals surface area (Å²) >= 11 is 9.04. The van der Waals surface area contributed by atoms with Gasteiger partial charge in [-0.25, -0.2) is 4.98 Å². The van der Waals surface area contributed by atoms with E-state index >= 15 is 0 Å². The molecule has 1 aromatic rings. The van der Waals surface area contributed by atoms with Gasteiger partial charge in [-0.3, -0.25) is 9.78 Å². The molecule has 0 spiro atoms. The van der Waals surface area contributed by atoms with Crippen LogP contribution in [0.3, 0.4) is 0 Å². The molecule has 0 radical (unpaired) electrons. The van der Waals surface area contributed by atoms with E-state index in [9.17, 15) is 4.79 Å². The number of aromatic nitrogens is 2. The molecule has 0 atom stereocenters. The minimum Gasteiger partial charge on any atom is -0.296 e. The van der Waals surface area contributed by atoms with Crippen molar-refractivity contribution in [2.45, 2.75) is 38.0 Å². The first kappa shape index (κ1) is 11.1. The summed E-state index contributed by atoms with van der Waals surface area (Å²) in [6.07, 6.45) is 5.91. The predicted octanol–water partition coefficient (Wildman–Crippen LogP) is 3.23. The highest BCUT2D eigenvalue weighted by atomic mass is 79.9. The normalized spacial score (nSPS) is 18.0. The molecule has 1 heterocycles. The van der Waals surface area contributed by atoms with Gasteiger partial charge in [0.2, 0.25) is 5.28 Å². The van der Waals surface area contributed by atoms with Gasteiger partial charge in [0.15, 0.2) is 0 Å². The van der Waals surface area contributed by atoms with Crippen LogP contribution in [0, 0.1) is 0 Å². The average molecular weight is 292 g/mol. The zero-order valence-electron chi connectivity index (χ0n) is 8.22. The second-order valence-corrected chi connectivity index (χ2v) is 5.04. The van der Waals surface area contributed by atoms with Gasteiger partial charge in [-0.05, 0) is 40.4 Å². The maximum atomic E-state index is 11.5. The Labute approximate surface area is 101 Å². The summed E-state index contributed by atoms with van der Waals surface area (Å²) < 4.78 is 0.541.